The summed E-state index contributed by atoms with van der Waals surface area (Å²) >= 11 is 6.32. The topological polar surface area (TPSA) is 157 Å². The number of aryl methyl sites for hydroxylation is 1. The highest BCUT2D eigenvalue weighted by atomic mass is 35.5. The second kappa shape index (κ2) is 12.4. The van der Waals surface area contributed by atoms with Crippen LogP contribution in [0.3, 0.4) is 0 Å². The van der Waals surface area contributed by atoms with Crippen LogP contribution < -0.4 is 21.5 Å². The molecule has 10 heteroatoms. The number of hydrogen-bond acceptors (Lipinski definition) is 5. The number of ether oxygens (including phenoxy) is 1. The van der Waals surface area contributed by atoms with E-state index < -0.39 is 23.9 Å². The van der Waals surface area contributed by atoms with Crippen molar-refractivity contribution >= 4 is 41.1 Å². The van der Waals surface area contributed by atoms with Crippen molar-refractivity contribution in [1.29, 1.82) is 0 Å². The summed E-state index contributed by atoms with van der Waals surface area (Å²) in [7, 11) is 0. The maximum Gasteiger partial charge on any atom is 0.343 e. The maximum absolute atomic E-state index is 12.4. The molecule has 3 aromatic rings. The number of halogens is 1. The molecule has 1 amide bonds. The molecule has 0 heterocycles. The maximum atomic E-state index is 12.4. The molecule has 9 nitrogen and oxygen atoms in total. The fourth-order valence-electron chi connectivity index (χ4n) is 3.35. The van der Waals surface area contributed by atoms with Crippen molar-refractivity contribution < 1.29 is 24.2 Å². The number of guanidine groups is 1. The van der Waals surface area contributed by atoms with Gasteiger partial charge in [-0.15, -0.1) is 0 Å². The number of nitrogens with zero attached hydrogens (tertiary/aromatic N) is 1. The second-order valence-corrected chi connectivity index (χ2v) is 8.28. The van der Waals surface area contributed by atoms with E-state index >= 15 is 0 Å². The molecular weight excluding hydrogens is 484 g/mol. The monoisotopic (exact) mass is 508 g/mol. The lowest BCUT2D eigenvalue weighted by atomic mass is 10.1. The minimum atomic E-state index is -1.11. The summed E-state index contributed by atoms with van der Waals surface area (Å²) < 4.78 is 5.37. The van der Waals surface area contributed by atoms with Gasteiger partial charge in [-0.25, -0.2) is 14.6 Å². The molecule has 1 unspecified atom stereocenters. The number of carbonyl (C=O) groups excluding carboxylic acids is 2. The van der Waals surface area contributed by atoms with Crippen LogP contribution in [0.4, 0.5) is 5.69 Å². The predicted octanol–water partition coefficient (Wildman–Crippen LogP) is 3.21. The zero-order valence-electron chi connectivity index (χ0n) is 19.2. The quantitative estimate of drug-likeness (QED) is 0.142. The van der Waals surface area contributed by atoms with E-state index in [9.17, 15) is 19.5 Å². The summed E-state index contributed by atoms with van der Waals surface area (Å²) in [6, 6.07) is 18.9. The Balaban J connectivity index is 1.55. The zero-order valence-corrected chi connectivity index (χ0v) is 19.9. The zero-order chi connectivity index (χ0) is 26.1. The van der Waals surface area contributed by atoms with Crippen molar-refractivity contribution in [2.24, 2.45) is 16.5 Å². The van der Waals surface area contributed by atoms with Crippen molar-refractivity contribution in [2.45, 2.75) is 25.3 Å². The third-order valence-electron chi connectivity index (χ3n) is 5.13. The average molecular weight is 509 g/mol. The first-order valence-electron chi connectivity index (χ1n) is 11.0. The second-order valence-electron chi connectivity index (χ2n) is 7.87. The summed E-state index contributed by atoms with van der Waals surface area (Å²) in [4.78, 5) is 40.2. The van der Waals surface area contributed by atoms with Gasteiger partial charge >= 0.3 is 11.9 Å². The van der Waals surface area contributed by atoms with Crippen molar-refractivity contribution in [1.82, 2.24) is 5.32 Å². The molecule has 1 atom stereocenters. The molecule has 0 saturated heterocycles. The molecule has 0 aliphatic rings. The Hall–Kier alpha value is -4.37. The standard InChI is InChI=1S/C26H25ClN4O5/c27-21-15-20(36-25(35)18-6-10-19(11-7-18)30-26(28)29)12-8-17(21)9-13-23(32)31-22(24(33)34)14-16-4-2-1-3-5-16/h1-8,10-12,15,22H,9,13-14H2,(H,31,32)(H,33,34)(H4,28,29,30). The van der Waals surface area contributed by atoms with E-state index in [1.54, 1.807) is 36.4 Å². The van der Waals surface area contributed by atoms with Gasteiger partial charge in [0.2, 0.25) is 5.91 Å². The van der Waals surface area contributed by atoms with Gasteiger partial charge in [-0.05, 0) is 53.9 Å². The number of esters is 1. The lowest BCUT2D eigenvalue weighted by molar-refractivity contribution is -0.141. The normalized spacial score (nSPS) is 11.2. The number of carbonyl (C=O) groups is 3. The smallest absolute Gasteiger partial charge is 0.343 e. The lowest BCUT2D eigenvalue weighted by Crippen LogP contribution is -2.42. The molecule has 0 bridgehead atoms. The number of carboxylic acid groups (broad SMARTS) is 1. The molecule has 3 aromatic carbocycles. The van der Waals surface area contributed by atoms with Crippen LogP contribution in [0.15, 0.2) is 77.8 Å². The Morgan fingerprint density at radius 1 is 1.00 bits per heavy atom. The molecule has 36 heavy (non-hydrogen) atoms. The van der Waals surface area contributed by atoms with Crippen molar-refractivity contribution in [2.75, 3.05) is 0 Å². The molecule has 6 N–H and O–H groups in total. The van der Waals surface area contributed by atoms with E-state index in [4.69, 9.17) is 27.8 Å². The number of carboxylic acids is 1. The molecule has 0 radical (unpaired) electrons. The van der Waals surface area contributed by atoms with Gasteiger partial charge in [-0.3, -0.25) is 4.79 Å². The molecular formula is C26H25ClN4O5. The van der Waals surface area contributed by atoms with E-state index in [1.807, 2.05) is 18.2 Å². The summed E-state index contributed by atoms with van der Waals surface area (Å²) in [6.07, 6.45) is 0.502. The third kappa shape index (κ3) is 7.85. The Labute approximate surface area is 212 Å². The van der Waals surface area contributed by atoms with Crippen LogP contribution >= 0.6 is 11.6 Å². The number of nitrogens with one attached hydrogen (secondary N) is 1. The first-order chi connectivity index (χ1) is 17.2. The highest BCUT2D eigenvalue weighted by Gasteiger charge is 2.20. The molecule has 0 aromatic heterocycles. The number of rotatable bonds is 10. The van der Waals surface area contributed by atoms with Crippen LogP contribution in [-0.2, 0) is 22.4 Å². The lowest BCUT2D eigenvalue weighted by Gasteiger charge is -2.15. The predicted molar refractivity (Wildman–Crippen MR) is 136 cm³/mol. The SMILES string of the molecule is NC(N)=Nc1ccc(C(=O)Oc2ccc(CCC(=O)NC(Cc3ccccc3)C(=O)O)c(Cl)c2)cc1. The van der Waals surface area contributed by atoms with Crippen molar-refractivity contribution in [3.05, 3.63) is 94.5 Å². The summed E-state index contributed by atoms with van der Waals surface area (Å²) in [6.45, 7) is 0. The first kappa shape index (κ1) is 26.2. The Morgan fingerprint density at radius 3 is 2.31 bits per heavy atom. The Morgan fingerprint density at radius 2 is 1.69 bits per heavy atom. The van der Waals surface area contributed by atoms with E-state index in [1.165, 1.54) is 18.2 Å². The number of nitrogens with two attached hydrogens (primary N) is 2. The minimum absolute atomic E-state index is 0.0412. The van der Waals surface area contributed by atoms with Crippen LogP contribution in [-0.4, -0.2) is 35.0 Å². The van der Waals surface area contributed by atoms with E-state index in [2.05, 4.69) is 10.3 Å². The van der Waals surface area contributed by atoms with E-state index in [-0.39, 0.29) is 31.0 Å². The van der Waals surface area contributed by atoms with Crippen LogP contribution in [0, 0.1) is 0 Å². The molecule has 186 valence electrons. The molecule has 0 fully saturated rings. The number of aliphatic imine (C=N–C) groups is 1. The van der Waals surface area contributed by atoms with Crippen LogP contribution in [0.25, 0.3) is 0 Å². The van der Waals surface area contributed by atoms with Gasteiger partial charge in [0.25, 0.3) is 0 Å². The number of benzene rings is 3. The van der Waals surface area contributed by atoms with Crippen LogP contribution in [0.2, 0.25) is 5.02 Å². The Kier molecular flexibility index (Phi) is 9.01. The van der Waals surface area contributed by atoms with Gasteiger partial charge in [0.1, 0.15) is 11.8 Å². The van der Waals surface area contributed by atoms with Gasteiger partial charge in [0.15, 0.2) is 5.96 Å². The molecule has 0 aliphatic heterocycles. The summed E-state index contributed by atoms with van der Waals surface area (Å²) in [5.41, 5.74) is 12.9. The van der Waals surface area contributed by atoms with Crippen LogP contribution in [0.1, 0.15) is 27.9 Å². The molecule has 0 spiro atoms. The number of aliphatic carboxylic acids is 1. The van der Waals surface area contributed by atoms with Crippen LogP contribution in [0.5, 0.6) is 5.75 Å². The average Bonchev–Trinajstić information content (AvgIpc) is 2.84. The van der Waals surface area contributed by atoms with Crippen molar-refractivity contribution in [3.8, 4) is 5.75 Å². The van der Waals surface area contributed by atoms with Gasteiger partial charge < -0.3 is 26.6 Å². The van der Waals surface area contributed by atoms with E-state index in [0.717, 1.165) is 5.56 Å². The fraction of sp³-hybridized carbons (Fsp3) is 0.154. The highest BCUT2D eigenvalue weighted by molar-refractivity contribution is 6.31. The molecule has 3 rings (SSSR count). The highest BCUT2D eigenvalue weighted by Crippen LogP contribution is 2.25. The largest absolute Gasteiger partial charge is 0.480 e. The first-order valence-corrected chi connectivity index (χ1v) is 11.4. The molecule has 0 saturated carbocycles. The number of amides is 1. The third-order valence-corrected chi connectivity index (χ3v) is 5.49. The van der Waals surface area contributed by atoms with Gasteiger partial charge in [0.05, 0.1) is 11.3 Å². The molecule has 0 aliphatic carbocycles. The van der Waals surface area contributed by atoms with E-state index in [0.29, 0.717) is 21.8 Å². The minimum Gasteiger partial charge on any atom is -0.480 e. The fourth-order valence-corrected chi connectivity index (χ4v) is 3.61. The summed E-state index contributed by atoms with van der Waals surface area (Å²) in [5.74, 6) is -1.96. The Bertz CT molecular complexity index is 1260. The summed E-state index contributed by atoms with van der Waals surface area (Å²) in [5, 5.41) is 12.3. The van der Waals surface area contributed by atoms with Gasteiger partial charge in [-0.2, -0.15) is 0 Å². The van der Waals surface area contributed by atoms with Gasteiger partial charge in [0, 0.05) is 17.9 Å². The van der Waals surface area contributed by atoms with Gasteiger partial charge in [-0.1, -0.05) is 48.0 Å². The van der Waals surface area contributed by atoms with Crippen molar-refractivity contribution in [3.63, 3.8) is 0 Å². The number of hydrogen-bond donors (Lipinski definition) is 4.